The summed E-state index contributed by atoms with van der Waals surface area (Å²) in [6.45, 7) is 0. The maximum atomic E-state index is 12.6. The Kier molecular flexibility index (Phi) is 5.24. The average Bonchev–Trinajstić information content (AvgIpc) is 3.02. The molecule has 0 spiro atoms. The first-order valence-electron chi connectivity index (χ1n) is 8.87. The van der Waals surface area contributed by atoms with Gasteiger partial charge in [0, 0.05) is 10.2 Å². The maximum Gasteiger partial charge on any atom is 0.259 e. The largest absolute Gasteiger partial charge is 0.496 e. The van der Waals surface area contributed by atoms with Gasteiger partial charge >= 0.3 is 0 Å². The van der Waals surface area contributed by atoms with E-state index in [1.54, 1.807) is 54.6 Å². The van der Waals surface area contributed by atoms with Gasteiger partial charge in [0.2, 0.25) is 0 Å². The van der Waals surface area contributed by atoms with E-state index in [2.05, 4.69) is 26.6 Å². The van der Waals surface area contributed by atoms with Crippen LogP contribution < -0.4 is 20.1 Å². The molecule has 0 bridgehead atoms. The molecule has 0 saturated heterocycles. The topological polar surface area (TPSA) is 93.7 Å². The molecule has 0 aromatic heterocycles. The first-order chi connectivity index (χ1) is 14.4. The molecule has 7 nitrogen and oxygen atoms in total. The van der Waals surface area contributed by atoms with Crippen LogP contribution in [-0.2, 0) is 0 Å². The second kappa shape index (κ2) is 8.00. The molecule has 0 atom stereocenters. The molecule has 30 heavy (non-hydrogen) atoms. The third kappa shape index (κ3) is 3.90. The zero-order valence-corrected chi connectivity index (χ0v) is 17.3. The van der Waals surface area contributed by atoms with E-state index in [-0.39, 0.29) is 11.5 Å². The van der Waals surface area contributed by atoms with Gasteiger partial charge in [-0.25, -0.2) is 0 Å². The van der Waals surface area contributed by atoms with Gasteiger partial charge in [0.05, 0.1) is 23.8 Å². The van der Waals surface area contributed by atoms with Gasteiger partial charge in [0.1, 0.15) is 17.2 Å². The molecule has 0 unspecified atom stereocenters. The van der Waals surface area contributed by atoms with Crippen LogP contribution in [0.2, 0.25) is 0 Å². The Morgan fingerprint density at radius 1 is 0.900 bits per heavy atom. The number of rotatable bonds is 5. The fourth-order valence-electron chi connectivity index (χ4n) is 3.01. The van der Waals surface area contributed by atoms with Crippen molar-refractivity contribution in [3.05, 3.63) is 81.8 Å². The van der Waals surface area contributed by atoms with Gasteiger partial charge in [-0.3, -0.25) is 19.7 Å². The van der Waals surface area contributed by atoms with Crippen molar-refractivity contribution >= 4 is 39.3 Å². The van der Waals surface area contributed by atoms with E-state index in [1.807, 2.05) is 0 Å². The summed E-state index contributed by atoms with van der Waals surface area (Å²) < 4.78 is 11.8. The highest BCUT2D eigenvalue weighted by Gasteiger charge is 2.27. The van der Waals surface area contributed by atoms with Crippen LogP contribution in [0.1, 0.15) is 31.1 Å². The van der Waals surface area contributed by atoms with Crippen LogP contribution >= 0.6 is 15.9 Å². The highest BCUT2D eigenvalue weighted by Crippen LogP contribution is 2.28. The first-order valence-corrected chi connectivity index (χ1v) is 9.66. The molecule has 3 aromatic rings. The number of fused-ring (bicyclic) bond motifs is 1. The Hall–Kier alpha value is -3.65. The number of benzene rings is 3. The number of carbonyl (C=O) groups excluding carboxylic acids is 3. The molecular formula is C22H15BrN2O5. The van der Waals surface area contributed by atoms with Crippen LogP contribution in [0.4, 0.5) is 5.69 Å². The average molecular weight is 467 g/mol. The summed E-state index contributed by atoms with van der Waals surface area (Å²) in [5, 5.41) is 5.05. The number of imide groups is 1. The highest BCUT2D eigenvalue weighted by atomic mass is 79.9. The zero-order chi connectivity index (χ0) is 21.3. The summed E-state index contributed by atoms with van der Waals surface area (Å²) in [5.41, 5.74) is 1.59. The number of hydrogen-bond acceptors (Lipinski definition) is 5. The number of nitrogens with one attached hydrogen (secondary N) is 2. The number of amides is 3. The van der Waals surface area contributed by atoms with Crippen molar-refractivity contribution < 1.29 is 23.9 Å². The van der Waals surface area contributed by atoms with Gasteiger partial charge in [-0.2, -0.15) is 0 Å². The quantitative estimate of drug-likeness (QED) is 0.544. The van der Waals surface area contributed by atoms with E-state index < -0.39 is 11.8 Å². The molecule has 0 radical (unpaired) electrons. The van der Waals surface area contributed by atoms with Crippen molar-refractivity contribution in [2.75, 3.05) is 12.4 Å². The number of hydrogen-bond donors (Lipinski definition) is 2. The van der Waals surface area contributed by atoms with Crippen LogP contribution in [0.3, 0.4) is 0 Å². The lowest BCUT2D eigenvalue weighted by Gasteiger charge is -2.11. The Morgan fingerprint density at radius 3 is 2.33 bits per heavy atom. The van der Waals surface area contributed by atoms with Crippen molar-refractivity contribution in [1.29, 1.82) is 0 Å². The molecule has 0 saturated carbocycles. The number of halogens is 1. The van der Waals surface area contributed by atoms with Crippen molar-refractivity contribution in [3.8, 4) is 17.2 Å². The summed E-state index contributed by atoms with van der Waals surface area (Å²) in [6, 6.07) is 16.6. The predicted octanol–water partition coefficient (Wildman–Crippen LogP) is 4.39. The number of methoxy groups -OCH3 is 1. The molecule has 150 valence electrons. The smallest absolute Gasteiger partial charge is 0.259 e. The van der Waals surface area contributed by atoms with Crippen molar-refractivity contribution in [2.45, 2.75) is 0 Å². The van der Waals surface area contributed by atoms with E-state index in [0.29, 0.717) is 34.1 Å². The molecule has 3 aromatic carbocycles. The lowest BCUT2D eigenvalue weighted by Crippen LogP contribution is -2.19. The second-order valence-electron chi connectivity index (χ2n) is 6.42. The number of carbonyl (C=O) groups is 3. The van der Waals surface area contributed by atoms with Crippen LogP contribution in [0.25, 0.3) is 0 Å². The van der Waals surface area contributed by atoms with Gasteiger partial charge in [-0.15, -0.1) is 0 Å². The lowest BCUT2D eigenvalue weighted by molar-refractivity contribution is 0.0878. The summed E-state index contributed by atoms with van der Waals surface area (Å²) in [4.78, 5) is 36.0. The predicted molar refractivity (Wildman–Crippen MR) is 113 cm³/mol. The lowest BCUT2D eigenvalue weighted by atomic mass is 10.1. The van der Waals surface area contributed by atoms with E-state index in [9.17, 15) is 14.4 Å². The van der Waals surface area contributed by atoms with Crippen LogP contribution in [0.5, 0.6) is 17.2 Å². The molecule has 3 amide bonds. The van der Waals surface area contributed by atoms with E-state index >= 15 is 0 Å². The third-order valence-corrected chi connectivity index (χ3v) is 4.95. The minimum Gasteiger partial charge on any atom is -0.496 e. The minimum absolute atomic E-state index is 0.282. The van der Waals surface area contributed by atoms with E-state index in [1.165, 1.54) is 13.2 Å². The molecular weight excluding hydrogens is 452 g/mol. The standard InChI is InChI=1S/C22H15BrN2O5/c1-29-19-9-2-12(23)10-18(19)22(28)24-13-3-5-14(6-4-13)30-15-7-8-16-17(11-15)21(27)25-20(16)26/h2-11H,1H3,(H,24,28)(H,25,26,27). The fraction of sp³-hybridized carbons (Fsp3) is 0.0455. The molecule has 8 heteroatoms. The molecule has 1 aliphatic rings. The monoisotopic (exact) mass is 466 g/mol. The zero-order valence-electron chi connectivity index (χ0n) is 15.7. The summed E-state index contributed by atoms with van der Waals surface area (Å²) in [5.74, 6) is 0.239. The van der Waals surface area contributed by atoms with Crippen molar-refractivity contribution in [1.82, 2.24) is 5.32 Å². The van der Waals surface area contributed by atoms with Gasteiger partial charge < -0.3 is 14.8 Å². The second-order valence-corrected chi connectivity index (χ2v) is 7.33. The molecule has 0 aliphatic carbocycles. The Morgan fingerprint density at radius 2 is 1.60 bits per heavy atom. The van der Waals surface area contributed by atoms with Gasteiger partial charge in [0.25, 0.3) is 17.7 Å². The first kappa shape index (κ1) is 19.7. The van der Waals surface area contributed by atoms with E-state index in [0.717, 1.165) is 4.47 Å². The van der Waals surface area contributed by atoms with Crippen molar-refractivity contribution in [3.63, 3.8) is 0 Å². The minimum atomic E-state index is -0.443. The number of anilines is 1. The van der Waals surface area contributed by atoms with Gasteiger partial charge in [-0.05, 0) is 60.7 Å². The number of ether oxygens (including phenoxy) is 2. The van der Waals surface area contributed by atoms with Crippen LogP contribution in [-0.4, -0.2) is 24.8 Å². The molecule has 1 heterocycles. The molecule has 1 aliphatic heterocycles. The van der Waals surface area contributed by atoms with E-state index in [4.69, 9.17) is 9.47 Å². The fourth-order valence-corrected chi connectivity index (χ4v) is 3.37. The Bertz CT molecular complexity index is 1170. The van der Waals surface area contributed by atoms with Gasteiger partial charge in [-0.1, -0.05) is 15.9 Å². The highest BCUT2D eigenvalue weighted by molar-refractivity contribution is 9.10. The normalized spacial score (nSPS) is 12.2. The van der Waals surface area contributed by atoms with Crippen molar-refractivity contribution in [2.24, 2.45) is 0 Å². The Labute approximate surface area is 180 Å². The Balaban J connectivity index is 1.47. The summed E-state index contributed by atoms with van der Waals surface area (Å²) in [7, 11) is 1.50. The van der Waals surface area contributed by atoms with Crippen LogP contribution in [0, 0.1) is 0 Å². The summed E-state index contributed by atoms with van der Waals surface area (Å²) >= 11 is 3.35. The molecule has 4 rings (SSSR count). The molecule has 0 fully saturated rings. The van der Waals surface area contributed by atoms with Crippen LogP contribution in [0.15, 0.2) is 65.1 Å². The van der Waals surface area contributed by atoms with Gasteiger partial charge in [0.15, 0.2) is 0 Å². The SMILES string of the molecule is COc1ccc(Br)cc1C(=O)Nc1ccc(Oc2ccc3c(c2)C(=O)NC3=O)cc1. The maximum absolute atomic E-state index is 12.6. The third-order valence-electron chi connectivity index (χ3n) is 4.46. The molecule has 2 N–H and O–H groups in total. The summed E-state index contributed by atoms with van der Waals surface area (Å²) in [6.07, 6.45) is 0.